The second-order valence-corrected chi connectivity index (χ2v) is 7.69. The van der Waals surface area contributed by atoms with Crippen molar-refractivity contribution in [1.29, 1.82) is 0 Å². The minimum absolute atomic E-state index is 0.0787. The first-order valence-corrected chi connectivity index (χ1v) is 9.52. The average molecular weight is 346 g/mol. The molecule has 0 aliphatic carbocycles. The summed E-state index contributed by atoms with van der Waals surface area (Å²) >= 11 is 0. The van der Waals surface area contributed by atoms with Gasteiger partial charge in [0.1, 0.15) is 0 Å². The molecule has 0 bridgehead atoms. The third-order valence-electron chi connectivity index (χ3n) is 3.65. The second-order valence-electron chi connectivity index (χ2n) is 5.79. The van der Waals surface area contributed by atoms with Crippen LogP contribution in [0.1, 0.15) is 17.5 Å². The normalized spacial score (nSPS) is 11.1. The molecule has 0 atom stereocenters. The summed E-state index contributed by atoms with van der Waals surface area (Å²) in [7, 11) is -3.45. The molecule has 2 aromatic rings. The van der Waals surface area contributed by atoms with E-state index in [9.17, 15) is 13.2 Å². The molecule has 0 saturated carbocycles. The van der Waals surface area contributed by atoms with Crippen molar-refractivity contribution in [3.8, 4) is 0 Å². The van der Waals surface area contributed by atoms with Gasteiger partial charge in [0.25, 0.3) is 0 Å². The number of carbonyl (C=O) groups is 1. The fraction of sp³-hybridized carbons (Fsp3) is 0.278. The summed E-state index contributed by atoms with van der Waals surface area (Å²) in [6.45, 7) is 3.97. The Morgan fingerprint density at radius 3 is 2.38 bits per heavy atom. The van der Waals surface area contributed by atoms with Crippen molar-refractivity contribution in [3.05, 3.63) is 59.7 Å². The fourth-order valence-electron chi connectivity index (χ4n) is 2.37. The van der Waals surface area contributed by atoms with Gasteiger partial charge in [-0.25, -0.2) is 8.42 Å². The standard InChI is InChI=1S/C18H22N2O3S/c1-14-9-10-15(2)17(13-14)19-18(21)11-12-20(24(3,22)23)16-7-5-4-6-8-16/h4-10,13H,11-12H2,1-3H3,(H,19,21). The predicted octanol–water partition coefficient (Wildman–Crippen LogP) is 3.10. The van der Waals surface area contributed by atoms with E-state index in [0.29, 0.717) is 5.69 Å². The molecule has 0 unspecified atom stereocenters. The summed E-state index contributed by atoms with van der Waals surface area (Å²) in [5.74, 6) is -0.215. The van der Waals surface area contributed by atoms with Crippen molar-refractivity contribution in [1.82, 2.24) is 0 Å². The van der Waals surface area contributed by atoms with Crippen molar-refractivity contribution < 1.29 is 13.2 Å². The third-order valence-corrected chi connectivity index (χ3v) is 4.85. The van der Waals surface area contributed by atoms with E-state index in [1.165, 1.54) is 4.31 Å². The topological polar surface area (TPSA) is 66.5 Å². The Morgan fingerprint density at radius 1 is 1.08 bits per heavy atom. The van der Waals surface area contributed by atoms with Gasteiger partial charge in [0.05, 0.1) is 11.9 Å². The molecule has 24 heavy (non-hydrogen) atoms. The summed E-state index contributed by atoms with van der Waals surface area (Å²) in [6, 6.07) is 14.6. The number of carbonyl (C=O) groups excluding carboxylic acids is 1. The van der Waals surface area contributed by atoms with Crippen LogP contribution < -0.4 is 9.62 Å². The first-order valence-electron chi connectivity index (χ1n) is 7.67. The van der Waals surface area contributed by atoms with Crippen molar-refractivity contribution in [2.75, 3.05) is 22.4 Å². The van der Waals surface area contributed by atoms with Crippen LogP contribution in [-0.4, -0.2) is 27.1 Å². The molecule has 6 heteroatoms. The highest BCUT2D eigenvalue weighted by Gasteiger charge is 2.18. The van der Waals surface area contributed by atoms with Crippen molar-refractivity contribution >= 4 is 27.3 Å². The van der Waals surface area contributed by atoms with Crippen molar-refractivity contribution in [3.63, 3.8) is 0 Å². The number of para-hydroxylation sites is 1. The highest BCUT2D eigenvalue weighted by Crippen LogP contribution is 2.19. The molecular weight excluding hydrogens is 324 g/mol. The molecule has 0 aliphatic rings. The molecule has 128 valence electrons. The maximum Gasteiger partial charge on any atom is 0.232 e. The van der Waals surface area contributed by atoms with Gasteiger partial charge in [-0.2, -0.15) is 0 Å². The van der Waals surface area contributed by atoms with Crippen molar-refractivity contribution in [2.24, 2.45) is 0 Å². The lowest BCUT2D eigenvalue weighted by Crippen LogP contribution is -2.33. The van der Waals surface area contributed by atoms with Gasteiger partial charge in [-0.1, -0.05) is 30.3 Å². The molecule has 0 fully saturated rings. The van der Waals surface area contributed by atoms with Crippen LogP contribution >= 0.6 is 0 Å². The average Bonchev–Trinajstić information content (AvgIpc) is 2.51. The van der Waals surface area contributed by atoms with Crippen LogP contribution in [0.5, 0.6) is 0 Å². The van der Waals surface area contributed by atoms with Gasteiger partial charge in [0, 0.05) is 18.7 Å². The van der Waals surface area contributed by atoms with Crippen LogP contribution in [0.4, 0.5) is 11.4 Å². The molecule has 0 aromatic heterocycles. The van der Waals surface area contributed by atoms with Gasteiger partial charge in [-0.05, 0) is 43.2 Å². The number of nitrogens with one attached hydrogen (secondary N) is 1. The molecule has 0 saturated heterocycles. The van der Waals surface area contributed by atoms with E-state index in [-0.39, 0.29) is 18.9 Å². The fourth-order valence-corrected chi connectivity index (χ4v) is 3.29. The van der Waals surface area contributed by atoms with Gasteiger partial charge in [-0.15, -0.1) is 0 Å². The zero-order valence-corrected chi connectivity index (χ0v) is 14.9. The highest BCUT2D eigenvalue weighted by molar-refractivity contribution is 7.92. The highest BCUT2D eigenvalue weighted by atomic mass is 32.2. The lowest BCUT2D eigenvalue weighted by Gasteiger charge is -2.22. The van der Waals surface area contributed by atoms with E-state index in [1.807, 2.05) is 38.1 Å². The Bertz CT molecular complexity index is 817. The zero-order chi connectivity index (χ0) is 17.7. The Kier molecular flexibility index (Phi) is 5.62. The SMILES string of the molecule is Cc1ccc(C)c(NC(=O)CCN(c2ccccc2)S(C)(=O)=O)c1. The monoisotopic (exact) mass is 346 g/mol. The number of aryl methyl sites for hydroxylation is 2. The van der Waals surface area contributed by atoms with Crippen LogP contribution in [0.25, 0.3) is 0 Å². The zero-order valence-electron chi connectivity index (χ0n) is 14.1. The lowest BCUT2D eigenvalue weighted by atomic mass is 10.1. The Balaban J connectivity index is 2.07. The molecule has 2 aromatic carbocycles. The van der Waals surface area contributed by atoms with Crippen LogP contribution in [0, 0.1) is 13.8 Å². The van der Waals surface area contributed by atoms with E-state index >= 15 is 0 Å². The van der Waals surface area contributed by atoms with E-state index in [0.717, 1.165) is 23.1 Å². The number of nitrogens with zero attached hydrogens (tertiary/aromatic N) is 1. The molecule has 0 spiro atoms. The summed E-state index contributed by atoms with van der Waals surface area (Å²) < 4.78 is 25.2. The molecule has 5 nitrogen and oxygen atoms in total. The number of amides is 1. The predicted molar refractivity (Wildman–Crippen MR) is 97.8 cm³/mol. The Labute approximate surface area is 143 Å². The maximum atomic E-state index is 12.2. The Hall–Kier alpha value is -2.34. The van der Waals surface area contributed by atoms with Gasteiger partial charge in [0.2, 0.25) is 15.9 Å². The molecule has 0 aliphatic heterocycles. The van der Waals surface area contributed by atoms with Gasteiger partial charge < -0.3 is 5.32 Å². The molecule has 0 radical (unpaired) electrons. The third kappa shape index (κ3) is 4.83. The minimum atomic E-state index is -3.45. The first-order chi connectivity index (χ1) is 11.3. The first kappa shape index (κ1) is 18.0. The number of anilines is 2. The van der Waals surface area contributed by atoms with Crippen LogP contribution in [-0.2, 0) is 14.8 Å². The molecule has 1 N–H and O–H groups in total. The largest absolute Gasteiger partial charge is 0.326 e. The number of hydrogen-bond acceptors (Lipinski definition) is 3. The van der Waals surface area contributed by atoms with Gasteiger partial charge >= 0.3 is 0 Å². The smallest absolute Gasteiger partial charge is 0.232 e. The quantitative estimate of drug-likeness (QED) is 0.874. The lowest BCUT2D eigenvalue weighted by molar-refractivity contribution is -0.116. The maximum absolute atomic E-state index is 12.2. The summed E-state index contributed by atoms with van der Waals surface area (Å²) in [5, 5.41) is 2.85. The molecular formula is C18H22N2O3S. The van der Waals surface area contributed by atoms with Crippen LogP contribution in [0.2, 0.25) is 0 Å². The molecule has 2 rings (SSSR count). The van der Waals surface area contributed by atoms with Crippen LogP contribution in [0.15, 0.2) is 48.5 Å². The van der Waals surface area contributed by atoms with Crippen molar-refractivity contribution in [2.45, 2.75) is 20.3 Å². The second kappa shape index (κ2) is 7.49. The summed E-state index contributed by atoms with van der Waals surface area (Å²) in [5.41, 5.74) is 3.33. The summed E-state index contributed by atoms with van der Waals surface area (Å²) in [4.78, 5) is 12.2. The van der Waals surface area contributed by atoms with E-state index in [4.69, 9.17) is 0 Å². The molecule has 1 amide bonds. The number of benzene rings is 2. The van der Waals surface area contributed by atoms with Crippen LogP contribution in [0.3, 0.4) is 0 Å². The van der Waals surface area contributed by atoms with Gasteiger partial charge in [-0.3, -0.25) is 9.10 Å². The minimum Gasteiger partial charge on any atom is -0.326 e. The number of sulfonamides is 1. The number of hydrogen-bond donors (Lipinski definition) is 1. The van der Waals surface area contributed by atoms with E-state index in [1.54, 1.807) is 24.3 Å². The Morgan fingerprint density at radius 2 is 1.75 bits per heavy atom. The number of rotatable bonds is 6. The van der Waals surface area contributed by atoms with Gasteiger partial charge in [0.15, 0.2) is 0 Å². The summed E-state index contributed by atoms with van der Waals surface area (Å²) in [6.07, 6.45) is 1.22. The molecule has 0 heterocycles. The van der Waals surface area contributed by atoms with E-state index < -0.39 is 10.0 Å². The van der Waals surface area contributed by atoms with E-state index in [2.05, 4.69) is 5.32 Å².